The third-order valence-corrected chi connectivity index (χ3v) is 2.71. The van der Waals surface area contributed by atoms with Gasteiger partial charge in [-0.1, -0.05) is 9.39 Å². The van der Waals surface area contributed by atoms with E-state index in [9.17, 15) is 4.79 Å². The maximum Gasteiger partial charge on any atom is 0.132 e. The molecule has 0 heterocycles. The second kappa shape index (κ2) is 3.45. The summed E-state index contributed by atoms with van der Waals surface area (Å²) < 4.78 is 0. The highest BCUT2D eigenvalue weighted by Gasteiger charge is 2.26. The highest BCUT2D eigenvalue weighted by Crippen LogP contribution is 2.26. The summed E-state index contributed by atoms with van der Waals surface area (Å²) in [5.41, 5.74) is 0. The number of rotatable bonds is 2. The van der Waals surface area contributed by atoms with Gasteiger partial charge in [0.05, 0.1) is 0 Å². The molecule has 2 nitrogen and oxygen atoms in total. The van der Waals surface area contributed by atoms with Gasteiger partial charge in [0.15, 0.2) is 0 Å². The Kier molecular flexibility index (Phi) is 2.82. The Labute approximate surface area is 64.0 Å². The molecule has 0 bridgehead atoms. The van der Waals surface area contributed by atoms with Crippen molar-refractivity contribution in [2.45, 2.75) is 32.2 Å². The zero-order valence-electron chi connectivity index (χ0n) is 6.26. The molecule has 1 fully saturated rings. The lowest BCUT2D eigenvalue weighted by Crippen LogP contribution is -2.17. The lowest BCUT2D eigenvalue weighted by Gasteiger charge is -2.06. The van der Waals surface area contributed by atoms with Gasteiger partial charge in [0.25, 0.3) is 0 Å². The molecular weight excluding hydrogens is 145 g/mol. The van der Waals surface area contributed by atoms with Gasteiger partial charge >= 0.3 is 0 Å². The maximum absolute atomic E-state index is 10.9. The van der Waals surface area contributed by atoms with Crippen LogP contribution in [0.3, 0.4) is 0 Å². The Bertz CT molecular complexity index is 138. The first-order valence-corrected chi connectivity index (χ1v) is 4.28. The summed E-state index contributed by atoms with van der Waals surface area (Å²) in [4.78, 5) is 10.9. The zero-order valence-corrected chi connectivity index (χ0v) is 7.42. The molecule has 0 aromatic heterocycles. The van der Waals surface area contributed by atoms with Crippen molar-refractivity contribution >= 4 is 15.2 Å². The minimum atomic E-state index is 0.332. The number of ketones is 1. The number of nitrogens with one attached hydrogen (secondary N) is 1. The lowest BCUT2D eigenvalue weighted by molar-refractivity contribution is -0.120. The minimum absolute atomic E-state index is 0.332. The lowest BCUT2D eigenvalue weighted by atomic mass is 10.0. The largest absolute Gasteiger partial charge is 0.300 e. The Morgan fingerprint density at radius 2 is 2.30 bits per heavy atom. The van der Waals surface area contributed by atoms with Crippen molar-refractivity contribution in [2.24, 2.45) is 5.92 Å². The fourth-order valence-electron chi connectivity index (χ4n) is 1.50. The van der Waals surface area contributed by atoms with Gasteiger partial charge in [-0.25, -0.2) is 0 Å². The number of carbonyl (C=O) groups is 1. The third-order valence-electron chi connectivity index (χ3n) is 2.24. The van der Waals surface area contributed by atoms with Gasteiger partial charge in [-0.15, -0.1) is 0 Å². The highest BCUT2D eigenvalue weighted by molar-refractivity contribution is 7.13. The van der Waals surface area contributed by atoms with E-state index in [2.05, 4.69) is 14.5 Å². The average Bonchev–Trinajstić information content (AvgIpc) is 2.34. The van der Waals surface area contributed by atoms with E-state index >= 15 is 0 Å². The molecular formula is C7H14NOP. The fraction of sp³-hybridized carbons (Fsp3) is 0.857. The second-order valence-corrected chi connectivity index (χ2v) is 3.32. The van der Waals surface area contributed by atoms with Crippen LogP contribution in [-0.4, -0.2) is 11.8 Å². The standard InChI is InChI=1S/C7H14NOP/c1-5(9)6-2-3-7(4-6)8-10/h6-8H,2-4,10H2,1H3/t6-,7+/m0/s1. The quantitative estimate of drug-likeness (QED) is 0.612. The first-order chi connectivity index (χ1) is 4.74. The Morgan fingerprint density at radius 1 is 1.60 bits per heavy atom. The molecule has 0 aliphatic heterocycles. The minimum Gasteiger partial charge on any atom is -0.300 e. The van der Waals surface area contributed by atoms with Gasteiger partial charge in [-0.2, -0.15) is 0 Å². The van der Waals surface area contributed by atoms with Crippen LogP contribution in [-0.2, 0) is 4.79 Å². The van der Waals surface area contributed by atoms with Gasteiger partial charge in [-0.3, -0.25) is 9.88 Å². The van der Waals surface area contributed by atoms with Crippen molar-refractivity contribution in [2.75, 3.05) is 0 Å². The van der Waals surface area contributed by atoms with Crippen molar-refractivity contribution in [3.8, 4) is 0 Å². The first kappa shape index (κ1) is 8.16. The van der Waals surface area contributed by atoms with E-state index in [1.807, 2.05) is 0 Å². The summed E-state index contributed by atoms with van der Waals surface area (Å²) in [5, 5.41) is 3.11. The van der Waals surface area contributed by atoms with E-state index in [1.54, 1.807) is 6.92 Å². The molecule has 58 valence electrons. The number of hydrogen-bond acceptors (Lipinski definition) is 2. The average molecular weight is 159 g/mol. The Hall–Kier alpha value is 0.0600. The van der Waals surface area contributed by atoms with Crippen molar-refractivity contribution in [3.63, 3.8) is 0 Å². The van der Waals surface area contributed by atoms with Crippen molar-refractivity contribution in [1.82, 2.24) is 5.09 Å². The molecule has 0 radical (unpaired) electrons. The SMILES string of the molecule is CC(=O)[C@H]1CC[C@@H](NP)C1. The molecule has 3 atom stereocenters. The monoisotopic (exact) mass is 159 g/mol. The predicted molar refractivity (Wildman–Crippen MR) is 44.7 cm³/mol. The molecule has 0 aromatic rings. The van der Waals surface area contributed by atoms with E-state index in [1.165, 1.54) is 0 Å². The number of hydrogen-bond donors (Lipinski definition) is 1. The maximum atomic E-state index is 10.9. The van der Waals surface area contributed by atoms with Crippen LogP contribution in [0.2, 0.25) is 0 Å². The molecule has 10 heavy (non-hydrogen) atoms. The topological polar surface area (TPSA) is 29.1 Å². The molecule has 1 N–H and O–H groups in total. The van der Waals surface area contributed by atoms with Crippen LogP contribution >= 0.6 is 9.39 Å². The van der Waals surface area contributed by atoms with Crippen LogP contribution in [0.1, 0.15) is 26.2 Å². The summed E-state index contributed by atoms with van der Waals surface area (Å²) in [6, 6.07) is 0.555. The van der Waals surface area contributed by atoms with Gasteiger partial charge in [0, 0.05) is 12.0 Å². The van der Waals surface area contributed by atoms with Crippen molar-refractivity contribution in [1.29, 1.82) is 0 Å². The van der Waals surface area contributed by atoms with Gasteiger partial charge < -0.3 is 0 Å². The number of Topliss-reactive ketones (excluding diaryl/α,β-unsaturated/α-hetero) is 1. The van der Waals surface area contributed by atoms with Gasteiger partial charge in [-0.05, 0) is 26.2 Å². The van der Waals surface area contributed by atoms with Gasteiger partial charge in [0.1, 0.15) is 5.78 Å². The summed E-state index contributed by atoms with van der Waals surface area (Å²) in [5.74, 6) is 0.681. The summed E-state index contributed by atoms with van der Waals surface area (Å²) >= 11 is 0. The zero-order chi connectivity index (χ0) is 7.56. The normalized spacial score (nSPS) is 32.6. The van der Waals surface area contributed by atoms with E-state index in [0.29, 0.717) is 17.7 Å². The predicted octanol–water partition coefficient (Wildman–Crippen LogP) is 1.12. The van der Waals surface area contributed by atoms with Crippen LogP contribution < -0.4 is 5.09 Å². The van der Waals surface area contributed by atoms with E-state index < -0.39 is 0 Å². The first-order valence-electron chi connectivity index (χ1n) is 3.70. The molecule has 3 heteroatoms. The van der Waals surface area contributed by atoms with E-state index in [4.69, 9.17) is 0 Å². The summed E-state index contributed by atoms with van der Waals surface area (Å²) in [6.45, 7) is 1.69. The molecule has 1 rings (SSSR count). The fourth-order valence-corrected chi connectivity index (χ4v) is 1.80. The summed E-state index contributed by atoms with van der Waals surface area (Å²) in [6.07, 6.45) is 3.24. The Morgan fingerprint density at radius 3 is 2.60 bits per heavy atom. The molecule has 1 saturated carbocycles. The molecule has 1 aliphatic carbocycles. The van der Waals surface area contributed by atoms with Gasteiger partial charge in [0.2, 0.25) is 0 Å². The van der Waals surface area contributed by atoms with E-state index in [0.717, 1.165) is 19.3 Å². The highest BCUT2D eigenvalue weighted by atomic mass is 31.0. The van der Waals surface area contributed by atoms with Crippen LogP contribution in [0.4, 0.5) is 0 Å². The van der Waals surface area contributed by atoms with Crippen LogP contribution in [0.5, 0.6) is 0 Å². The third kappa shape index (κ3) is 1.77. The number of carbonyl (C=O) groups excluding carboxylic acids is 1. The second-order valence-electron chi connectivity index (χ2n) is 2.98. The van der Waals surface area contributed by atoms with E-state index in [-0.39, 0.29) is 0 Å². The smallest absolute Gasteiger partial charge is 0.132 e. The van der Waals surface area contributed by atoms with Crippen LogP contribution in [0.15, 0.2) is 0 Å². The molecule has 1 unspecified atom stereocenters. The van der Waals surface area contributed by atoms with Crippen LogP contribution in [0.25, 0.3) is 0 Å². The molecule has 0 amide bonds. The molecule has 0 aromatic carbocycles. The molecule has 1 aliphatic rings. The molecule has 0 spiro atoms. The van der Waals surface area contributed by atoms with Crippen molar-refractivity contribution < 1.29 is 4.79 Å². The molecule has 0 saturated heterocycles. The summed E-state index contributed by atoms with van der Waals surface area (Å²) in [7, 11) is 2.51. The van der Waals surface area contributed by atoms with Crippen LogP contribution in [0, 0.1) is 5.92 Å². The van der Waals surface area contributed by atoms with Crippen molar-refractivity contribution in [3.05, 3.63) is 0 Å². The Balaban J connectivity index is 2.35.